The molecule has 0 aliphatic rings. The lowest BCUT2D eigenvalue weighted by molar-refractivity contribution is 0.504. The first-order valence-corrected chi connectivity index (χ1v) is 8.59. The Hall–Kier alpha value is -2.49. The molecule has 0 saturated heterocycles. The van der Waals surface area contributed by atoms with Gasteiger partial charge in [-0.1, -0.05) is 17.7 Å². The molecule has 1 aromatic heterocycles. The van der Waals surface area contributed by atoms with Gasteiger partial charge in [0.2, 0.25) is 10.0 Å². The van der Waals surface area contributed by atoms with Crippen LogP contribution in [0.1, 0.15) is 0 Å². The van der Waals surface area contributed by atoms with Crippen LogP contribution >= 0.6 is 11.6 Å². The molecule has 0 saturated carbocycles. The summed E-state index contributed by atoms with van der Waals surface area (Å²) in [4.78, 5) is 11.0. The van der Waals surface area contributed by atoms with Gasteiger partial charge < -0.3 is 4.42 Å². The van der Waals surface area contributed by atoms with Crippen molar-refractivity contribution < 1.29 is 21.6 Å². The smallest absolute Gasteiger partial charge is 0.415 e. The van der Waals surface area contributed by atoms with E-state index in [0.29, 0.717) is 17.2 Å². The van der Waals surface area contributed by atoms with Gasteiger partial charge in [-0.15, -0.1) is 0 Å². The highest BCUT2D eigenvalue weighted by molar-refractivity contribution is 7.89. The minimum absolute atomic E-state index is 0.121. The van der Waals surface area contributed by atoms with Crippen molar-refractivity contribution >= 4 is 21.6 Å². The summed E-state index contributed by atoms with van der Waals surface area (Å²) < 4.78 is 56.7. The third kappa shape index (κ3) is 3.21. The first-order valence-electron chi connectivity index (χ1n) is 6.67. The van der Waals surface area contributed by atoms with E-state index in [1.54, 1.807) is 12.1 Å². The van der Waals surface area contributed by atoms with E-state index in [4.69, 9.17) is 21.2 Å². The molecule has 10 heteroatoms. The number of primary sulfonamides is 1. The van der Waals surface area contributed by atoms with Gasteiger partial charge in [0.15, 0.2) is 0 Å². The Morgan fingerprint density at radius 3 is 2.48 bits per heavy atom. The van der Waals surface area contributed by atoms with Crippen LogP contribution in [0.15, 0.2) is 56.8 Å². The molecule has 0 atom stereocenters. The fourth-order valence-electron chi connectivity index (χ4n) is 2.30. The lowest BCUT2D eigenvalue weighted by Gasteiger charge is -2.09. The molecule has 0 aliphatic heterocycles. The number of benzene rings is 2. The number of nitrogens with zero attached hydrogens (tertiary/aromatic N) is 1. The number of hydrogen-bond donors (Lipinski definition) is 1. The number of oxazole rings is 1. The number of aromatic nitrogens is 1. The van der Waals surface area contributed by atoms with Gasteiger partial charge in [0.05, 0.1) is 11.4 Å². The van der Waals surface area contributed by atoms with Crippen LogP contribution in [0.2, 0.25) is 5.02 Å². The molecule has 0 aliphatic carbocycles. The van der Waals surface area contributed by atoms with E-state index in [1.807, 2.05) is 0 Å². The lowest BCUT2D eigenvalue weighted by atomic mass is 10.1. The van der Waals surface area contributed by atoms with E-state index in [1.165, 1.54) is 12.1 Å². The Balaban J connectivity index is 2.26. The first kappa shape index (κ1) is 17.3. The van der Waals surface area contributed by atoms with Crippen LogP contribution < -0.4 is 10.9 Å². The Morgan fingerprint density at radius 1 is 1.12 bits per heavy atom. The summed E-state index contributed by atoms with van der Waals surface area (Å²) in [6.07, 6.45) is 0.928. The van der Waals surface area contributed by atoms with E-state index in [9.17, 15) is 22.0 Å². The number of sulfonamides is 1. The van der Waals surface area contributed by atoms with Crippen molar-refractivity contribution in [2.45, 2.75) is 4.90 Å². The largest absolute Gasteiger partial charge is 0.424 e. The van der Waals surface area contributed by atoms with E-state index in [0.717, 1.165) is 10.8 Å². The van der Waals surface area contributed by atoms with Crippen LogP contribution in [0.3, 0.4) is 0 Å². The van der Waals surface area contributed by atoms with E-state index >= 15 is 0 Å². The number of hydrogen-bond acceptors (Lipinski definition) is 4. The van der Waals surface area contributed by atoms with E-state index in [-0.39, 0.29) is 16.9 Å². The SMILES string of the molecule is NS(=O)(=O)c1cc(F)c(-c2coc(=O)n2-c2cccc(Cl)c2)cc1F. The van der Waals surface area contributed by atoms with Crippen molar-refractivity contribution in [2.75, 3.05) is 0 Å². The molecule has 0 spiro atoms. The maximum Gasteiger partial charge on any atom is 0.424 e. The van der Waals surface area contributed by atoms with Gasteiger partial charge in [-0.2, -0.15) is 0 Å². The molecular formula is C15H9ClF2N2O4S. The number of nitrogens with two attached hydrogens (primary N) is 1. The van der Waals surface area contributed by atoms with Crippen LogP contribution in [-0.4, -0.2) is 13.0 Å². The molecule has 130 valence electrons. The normalized spacial score (nSPS) is 11.7. The van der Waals surface area contributed by atoms with Gasteiger partial charge in [-0.3, -0.25) is 0 Å². The predicted molar refractivity (Wildman–Crippen MR) is 86.0 cm³/mol. The van der Waals surface area contributed by atoms with Crippen LogP contribution in [0.4, 0.5) is 8.78 Å². The Bertz CT molecular complexity index is 1140. The third-order valence-corrected chi connectivity index (χ3v) is 4.53. The number of halogens is 3. The van der Waals surface area contributed by atoms with Crippen molar-refractivity contribution in [1.82, 2.24) is 4.57 Å². The highest BCUT2D eigenvalue weighted by Crippen LogP contribution is 2.29. The van der Waals surface area contributed by atoms with Crippen molar-refractivity contribution in [1.29, 1.82) is 0 Å². The van der Waals surface area contributed by atoms with Crippen molar-refractivity contribution in [3.05, 3.63) is 69.9 Å². The monoisotopic (exact) mass is 386 g/mol. The van der Waals surface area contributed by atoms with Crippen molar-refractivity contribution in [3.63, 3.8) is 0 Å². The Kier molecular flexibility index (Phi) is 4.23. The topological polar surface area (TPSA) is 95.3 Å². The van der Waals surface area contributed by atoms with Gasteiger partial charge in [0.25, 0.3) is 0 Å². The third-order valence-electron chi connectivity index (χ3n) is 3.37. The summed E-state index contributed by atoms with van der Waals surface area (Å²) in [5.41, 5.74) is -0.239. The van der Waals surface area contributed by atoms with Crippen LogP contribution in [0.25, 0.3) is 16.9 Å². The predicted octanol–water partition coefficient (Wildman–Crippen LogP) is 2.68. The summed E-state index contributed by atoms with van der Waals surface area (Å²) in [5, 5.41) is 5.15. The second kappa shape index (κ2) is 6.10. The minimum Gasteiger partial charge on any atom is -0.415 e. The fraction of sp³-hybridized carbons (Fsp3) is 0. The average Bonchev–Trinajstić information content (AvgIpc) is 2.89. The highest BCUT2D eigenvalue weighted by Gasteiger charge is 2.22. The van der Waals surface area contributed by atoms with Gasteiger partial charge in [-0.25, -0.2) is 31.7 Å². The molecule has 0 radical (unpaired) electrons. The minimum atomic E-state index is -4.44. The zero-order valence-corrected chi connectivity index (χ0v) is 13.8. The Morgan fingerprint density at radius 2 is 1.84 bits per heavy atom. The highest BCUT2D eigenvalue weighted by atomic mass is 35.5. The van der Waals surface area contributed by atoms with Crippen molar-refractivity contribution in [3.8, 4) is 16.9 Å². The molecule has 0 bridgehead atoms. The summed E-state index contributed by atoms with van der Waals surface area (Å²) in [6, 6.07) is 7.13. The second-order valence-corrected chi connectivity index (χ2v) is 6.98. The molecule has 2 N–H and O–H groups in total. The maximum atomic E-state index is 14.4. The summed E-state index contributed by atoms with van der Waals surface area (Å²) in [5.74, 6) is -3.21. The molecule has 3 aromatic rings. The van der Waals surface area contributed by atoms with E-state index in [2.05, 4.69) is 0 Å². The molecule has 6 nitrogen and oxygen atoms in total. The molecule has 0 amide bonds. The van der Waals surface area contributed by atoms with Crippen molar-refractivity contribution in [2.24, 2.45) is 5.14 Å². The van der Waals surface area contributed by atoms with Crippen LogP contribution in [0, 0.1) is 11.6 Å². The molecule has 25 heavy (non-hydrogen) atoms. The molecule has 0 fully saturated rings. The molecule has 3 rings (SSSR count). The molecule has 0 unspecified atom stereocenters. The van der Waals surface area contributed by atoms with Gasteiger partial charge in [0, 0.05) is 10.6 Å². The quantitative estimate of drug-likeness (QED) is 0.748. The summed E-state index contributed by atoms with van der Waals surface area (Å²) in [7, 11) is -4.44. The molecule has 1 heterocycles. The number of rotatable bonds is 3. The fourth-order valence-corrected chi connectivity index (χ4v) is 3.08. The standard InChI is InChI=1S/C15H9ClF2N2O4S/c16-8-2-1-3-9(4-8)20-13(7-24-15(20)21)10-5-12(18)14(6-11(10)17)25(19,22)23/h1-7H,(H2,19,22,23). The zero-order chi connectivity index (χ0) is 18.4. The average molecular weight is 387 g/mol. The zero-order valence-electron chi connectivity index (χ0n) is 12.2. The van der Waals surface area contributed by atoms with Gasteiger partial charge >= 0.3 is 5.76 Å². The molecule has 2 aromatic carbocycles. The van der Waals surface area contributed by atoms with Gasteiger partial charge in [0.1, 0.15) is 22.8 Å². The maximum absolute atomic E-state index is 14.4. The Labute approximate surface area is 145 Å². The van der Waals surface area contributed by atoms with E-state index < -0.39 is 32.3 Å². The lowest BCUT2D eigenvalue weighted by Crippen LogP contribution is -2.16. The van der Waals surface area contributed by atoms with Crippen LogP contribution in [0.5, 0.6) is 0 Å². The second-order valence-electron chi connectivity index (χ2n) is 5.01. The molecular weight excluding hydrogens is 378 g/mol. The van der Waals surface area contributed by atoms with Crippen LogP contribution in [-0.2, 0) is 10.0 Å². The first-order chi connectivity index (χ1) is 11.7. The van der Waals surface area contributed by atoms with Gasteiger partial charge in [-0.05, 0) is 30.3 Å². The summed E-state index contributed by atoms with van der Waals surface area (Å²) in [6.45, 7) is 0. The summed E-state index contributed by atoms with van der Waals surface area (Å²) >= 11 is 5.88.